The Morgan fingerprint density at radius 2 is 2.25 bits per heavy atom. The quantitative estimate of drug-likeness (QED) is 0.679. The number of nitrogens with zero attached hydrogens (tertiary/aromatic N) is 3. The second-order valence-corrected chi connectivity index (χ2v) is 6.26. The molecule has 1 aromatic heterocycles. The van der Waals surface area contributed by atoms with Gasteiger partial charge in [-0.1, -0.05) is 19.9 Å². The van der Waals surface area contributed by atoms with Crippen molar-refractivity contribution in [3.05, 3.63) is 40.1 Å². The molecule has 1 aromatic rings. The Kier molecular flexibility index (Phi) is 2.66. The number of hydrogen-bond acceptors (Lipinski definition) is 2. The Balaban J connectivity index is 2.28. The highest BCUT2D eigenvalue weighted by Crippen LogP contribution is 2.50. The minimum absolute atomic E-state index is 0.00446. The first-order chi connectivity index (χ1) is 9.40. The zero-order chi connectivity index (χ0) is 14.7. The van der Waals surface area contributed by atoms with Crippen molar-refractivity contribution >= 4 is 5.78 Å². The molecule has 0 bridgehead atoms. The average molecular weight is 269 g/mol. The molecule has 4 nitrogen and oxygen atoms in total. The highest BCUT2D eigenvalue weighted by atomic mass is 16.1. The van der Waals surface area contributed by atoms with Gasteiger partial charge in [0.15, 0.2) is 5.78 Å². The average Bonchev–Trinajstić information content (AvgIpc) is 2.70. The van der Waals surface area contributed by atoms with Crippen LogP contribution in [0.25, 0.3) is 4.85 Å². The number of fused-ring (bicyclic) bond motifs is 3. The van der Waals surface area contributed by atoms with Gasteiger partial charge in [-0.3, -0.25) is 4.68 Å². The minimum Gasteiger partial charge on any atom is -0.308 e. The van der Waals surface area contributed by atoms with Gasteiger partial charge in [-0.25, -0.2) is 4.85 Å². The lowest BCUT2D eigenvalue weighted by Gasteiger charge is -2.45. The molecule has 0 saturated heterocycles. The number of carbonyl (C=O) groups excluding carboxylic acids is 1. The molecule has 4 heteroatoms. The van der Waals surface area contributed by atoms with Crippen molar-refractivity contribution in [2.24, 2.45) is 18.9 Å². The first-order valence-electron chi connectivity index (χ1n) is 7.07. The summed E-state index contributed by atoms with van der Waals surface area (Å²) in [5.41, 5.74) is 3.60. The van der Waals surface area contributed by atoms with Crippen molar-refractivity contribution in [2.75, 3.05) is 0 Å². The van der Waals surface area contributed by atoms with Crippen molar-refractivity contribution < 1.29 is 4.79 Å². The molecule has 0 aromatic carbocycles. The van der Waals surface area contributed by atoms with Crippen LogP contribution >= 0.6 is 0 Å². The monoisotopic (exact) mass is 269 g/mol. The number of ketones is 1. The van der Waals surface area contributed by atoms with E-state index in [0.717, 1.165) is 18.5 Å². The van der Waals surface area contributed by atoms with Gasteiger partial charge in [-0.2, -0.15) is 5.10 Å². The van der Waals surface area contributed by atoms with Crippen molar-refractivity contribution in [1.29, 1.82) is 0 Å². The lowest BCUT2D eigenvalue weighted by Crippen LogP contribution is -2.46. The SMILES string of the molecule is [C-]#[N+]C1=C[C@]2(C)c3c(c(C)nn3C)CC[C@H]2[C@H](C)C1=O. The van der Waals surface area contributed by atoms with Gasteiger partial charge in [0.2, 0.25) is 5.70 Å². The number of rotatable bonds is 0. The molecule has 0 radical (unpaired) electrons. The molecule has 2 aliphatic rings. The number of aryl methyl sites for hydroxylation is 2. The molecule has 0 unspecified atom stereocenters. The fourth-order valence-electron chi connectivity index (χ4n) is 4.25. The standard InChI is InChI=1S/C16H19N3O/c1-9-12-7-6-11-10(2)18-19(5)15(11)16(12,3)8-13(17-4)14(9)20/h8-9,12H,6-7H2,1-3,5H3/t9-,12-,16-/m0/s1. The molecule has 0 saturated carbocycles. The molecule has 0 aliphatic heterocycles. The van der Waals surface area contributed by atoms with E-state index in [1.165, 1.54) is 11.3 Å². The van der Waals surface area contributed by atoms with Gasteiger partial charge in [-0.15, -0.1) is 0 Å². The van der Waals surface area contributed by atoms with Crippen molar-refractivity contribution in [2.45, 2.75) is 39.0 Å². The van der Waals surface area contributed by atoms with Gasteiger partial charge in [-0.05, 0) is 31.2 Å². The molecule has 0 spiro atoms. The molecular weight excluding hydrogens is 250 g/mol. The molecular formula is C16H19N3O. The van der Waals surface area contributed by atoms with E-state index in [-0.39, 0.29) is 23.0 Å². The summed E-state index contributed by atoms with van der Waals surface area (Å²) in [4.78, 5) is 15.7. The van der Waals surface area contributed by atoms with Gasteiger partial charge < -0.3 is 4.79 Å². The summed E-state index contributed by atoms with van der Waals surface area (Å²) < 4.78 is 1.94. The fraction of sp³-hybridized carbons (Fsp3) is 0.562. The van der Waals surface area contributed by atoms with Crippen molar-refractivity contribution in [1.82, 2.24) is 9.78 Å². The van der Waals surface area contributed by atoms with Crippen LogP contribution in [0.2, 0.25) is 0 Å². The van der Waals surface area contributed by atoms with Crippen molar-refractivity contribution in [3.8, 4) is 0 Å². The predicted molar refractivity (Wildman–Crippen MR) is 76.0 cm³/mol. The molecule has 0 amide bonds. The largest absolute Gasteiger partial charge is 0.308 e. The Morgan fingerprint density at radius 3 is 2.90 bits per heavy atom. The minimum atomic E-state index is -0.253. The molecule has 104 valence electrons. The third-order valence-electron chi connectivity index (χ3n) is 5.16. The maximum Gasteiger partial charge on any atom is 0.226 e. The first-order valence-corrected chi connectivity index (χ1v) is 7.07. The zero-order valence-corrected chi connectivity index (χ0v) is 12.4. The maximum absolute atomic E-state index is 12.3. The molecule has 0 N–H and O–H groups in total. The van der Waals surface area contributed by atoms with E-state index >= 15 is 0 Å². The summed E-state index contributed by atoms with van der Waals surface area (Å²) in [5.74, 6) is 0.185. The highest BCUT2D eigenvalue weighted by Gasteiger charge is 2.49. The molecule has 3 atom stereocenters. The predicted octanol–water partition coefficient (Wildman–Crippen LogP) is 2.57. The van der Waals surface area contributed by atoms with Gasteiger partial charge in [0.25, 0.3) is 0 Å². The highest BCUT2D eigenvalue weighted by molar-refractivity contribution is 6.00. The Bertz CT molecular complexity index is 677. The number of allylic oxidation sites excluding steroid dienone is 2. The van der Waals surface area contributed by atoms with Crippen LogP contribution in [0.5, 0.6) is 0 Å². The Hall–Kier alpha value is -1.89. The van der Waals surface area contributed by atoms with E-state index in [4.69, 9.17) is 6.57 Å². The number of aromatic nitrogens is 2. The van der Waals surface area contributed by atoms with E-state index < -0.39 is 0 Å². The number of Topliss-reactive ketones (excluding diaryl/α,β-unsaturated/α-hetero) is 1. The molecule has 3 rings (SSSR count). The van der Waals surface area contributed by atoms with Crippen LogP contribution in [-0.2, 0) is 23.7 Å². The third-order valence-corrected chi connectivity index (χ3v) is 5.16. The van der Waals surface area contributed by atoms with Crippen molar-refractivity contribution in [3.63, 3.8) is 0 Å². The van der Waals surface area contributed by atoms with E-state index in [0.29, 0.717) is 5.70 Å². The second kappa shape index (κ2) is 4.05. The summed E-state index contributed by atoms with van der Waals surface area (Å²) >= 11 is 0. The Labute approximate surface area is 119 Å². The zero-order valence-electron chi connectivity index (χ0n) is 12.4. The number of carbonyl (C=O) groups is 1. The van der Waals surface area contributed by atoms with Crippen LogP contribution < -0.4 is 0 Å². The van der Waals surface area contributed by atoms with Crippen LogP contribution in [0.1, 0.15) is 37.2 Å². The lowest BCUT2D eigenvalue weighted by molar-refractivity contribution is -0.121. The molecule has 1 heterocycles. The summed E-state index contributed by atoms with van der Waals surface area (Å²) in [7, 11) is 1.96. The first kappa shape index (κ1) is 13.1. The molecule has 20 heavy (non-hydrogen) atoms. The van der Waals surface area contributed by atoms with Crippen LogP contribution in [0, 0.1) is 25.3 Å². The lowest BCUT2D eigenvalue weighted by atomic mass is 9.58. The van der Waals surface area contributed by atoms with E-state index in [1.807, 2.05) is 31.7 Å². The summed E-state index contributed by atoms with van der Waals surface area (Å²) in [6.07, 6.45) is 3.87. The smallest absolute Gasteiger partial charge is 0.226 e. The summed E-state index contributed by atoms with van der Waals surface area (Å²) in [6, 6.07) is 0. The van der Waals surface area contributed by atoms with Crippen LogP contribution in [0.15, 0.2) is 11.8 Å². The normalized spacial score (nSPS) is 32.1. The van der Waals surface area contributed by atoms with E-state index in [2.05, 4.69) is 16.9 Å². The van der Waals surface area contributed by atoms with Gasteiger partial charge in [0.05, 0.1) is 18.0 Å². The Morgan fingerprint density at radius 1 is 1.55 bits per heavy atom. The van der Waals surface area contributed by atoms with Crippen LogP contribution in [0.3, 0.4) is 0 Å². The molecule has 0 fully saturated rings. The van der Waals surface area contributed by atoms with E-state index in [9.17, 15) is 4.79 Å². The van der Waals surface area contributed by atoms with E-state index in [1.54, 1.807) is 0 Å². The van der Waals surface area contributed by atoms with Gasteiger partial charge in [0, 0.05) is 18.4 Å². The fourth-order valence-corrected chi connectivity index (χ4v) is 4.25. The van der Waals surface area contributed by atoms with Gasteiger partial charge >= 0.3 is 0 Å². The summed E-state index contributed by atoms with van der Waals surface area (Å²) in [6.45, 7) is 13.4. The van der Waals surface area contributed by atoms with Crippen LogP contribution in [0.4, 0.5) is 0 Å². The molecule has 2 aliphatic carbocycles. The van der Waals surface area contributed by atoms with Gasteiger partial charge in [0.1, 0.15) is 0 Å². The third kappa shape index (κ3) is 1.46. The topological polar surface area (TPSA) is 39.2 Å². The summed E-state index contributed by atoms with van der Waals surface area (Å²) in [5, 5.41) is 4.55. The maximum atomic E-state index is 12.3. The number of hydrogen-bond donors (Lipinski definition) is 0. The second-order valence-electron chi connectivity index (χ2n) is 6.26. The van der Waals surface area contributed by atoms with Crippen LogP contribution in [-0.4, -0.2) is 15.6 Å².